The third kappa shape index (κ3) is 9.06. The Hall–Kier alpha value is -0.850. The van der Waals surface area contributed by atoms with E-state index in [1.165, 1.54) is 0 Å². The first-order valence-corrected chi connectivity index (χ1v) is 5.03. The number of halogens is 2. The summed E-state index contributed by atoms with van der Waals surface area (Å²) in [4.78, 5) is 3.09. The predicted octanol–water partition coefficient (Wildman–Crippen LogP) is 1.45. The van der Waals surface area contributed by atoms with Crippen LogP contribution in [0.3, 0.4) is 0 Å². The second-order valence-corrected chi connectivity index (χ2v) is 3.73. The Morgan fingerprint density at radius 2 is 2.00 bits per heavy atom. The van der Waals surface area contributed by atoms with Crippen LogP contribution in [0.1, 0.15) is 12.8 Å². The summed E-state index contributed by atoms with van der Waals surface area (Å²) in [5.41, 5.74) is 0. The summed E-state index contributed by atoms with van der Waals surface area (Å²) >= 11 is 0. The van der Waals surface area contributed by atoms with Crippen LogP contribution in [0.4, 0.5) is 8.41 Å². The number of unbranched alkanes of at least 4 members (excludes halogenated alkanes) is 1. The summed E-state index contributed by atoms with van der Waals surface area (Å²) in [5, 5.41) is 0. The lowest BCUT2D eigenvalue weighted by Crippen LogP contribution is -2.01. The van der Waals surface area contributed by atoms with Crippen molar-refractivity contribution in [3.8, 4) is 0 Å². The zero-order valence-corrected chi connectivity index (χ0v) is 7.65. The Balaban J connectivity index is 3.33. The van der Waals surface area contributed by atoms with Crippen LogP contribution in [0, 0.1) is 0 Å². The molecule has 0 radical (unpaired) electrons. The van der Waals surface area contributed by atoms with E-state index < -0.39 is 21.9 Å². The molecule has 0 rings (SSSR count). The van der Waals surface area contributed by atoms with Gasteiger partial charge < -0.3 is 4.74 Å². The van der Waals surface area contributed by atoms with Crippen molar-refractivity contribution in [3.63, 3.8) is 0 Å². The molecule has 0 spiro atoms. The molecule has 0 saturated heterocycles. The van der Waals surface area contributed by atoms with Gasteiger partial charge in [0.25, 0.3) is 0 Å². The summed E-state index contributed by atoms with van der Waals surface area (Å²) in [6.07, 6.45) is 0.393. The molecule has 0 saturated carbocycles. The summed E-state index contributed by atoms with van der Waals surface area (Å²) in [7, 11) is -4.41. The fourth-order valence-electron chi connectivity index (χ4n) is 0.585. The van der Waals surface area contributed by atoms with Crippen LogP contribution in [0.25, 0.3) is 0 Å². The number of rotatable bonds is 7. The number of hydrogen-bond donors (Lipinski definition) is 0. The van der Waals surface area contributed by atoms with Crippen LogP contribution in [0.5, 0.6) is 0 Å². The third-order valence-electron chi connectivity index (χ3n) is 1.13. The maximum Gasteiger partial charge on any atom is 0.316 e. The van der Waals surface area contributed by atoms with Gasteiger partial charge in [0, 0.05) is 4.53 Å². The monoisotopic (exact) mass is 216 g/mol. The Morgan fingerprint density at radius 3 is 2.46 bits per heavy atom. The lowest BCUT2D eigenvalue weighted by Gasteiger charge is -2.02. The van der Waals surface area contributed by atoms with Gasteiger partial charge in [-0.25, -0.2) is 0 Å². The van der Waals surface area contributed by atoms with Crippen LogP contribution < -0.4 is 0 Å². The van der Waals surface area contributed by atoms with Crippen molar-refractivity contribution < 1.29 is 26.5 Å². The van der Waals surface area contributed by atoms with Gasteiger partial charge in [-0.3, -0.25) is 4.94 Å². The molecule has 0 aliphatic rings. The van der Waals surface area contributed by atoms with Crippen molar-refractivity contribution in [2.75, 3.05) is 12.4 Å². The van der Waals surface area contributed by atoms with Crippen LogP contribution >= 0.6 is 0 Å². The van der Waals surface area contributed by atoms with Gasteiger partial charge in [-0.2, -0.15) is 8.42 Å². The summed E-state index contributed by atoms with van der Waals surface area (Å²) < 4.78 is 47.5. The highest BCUT2D eigenvalue weighted by atomic mass is 32.3. The van der Waals surface area contributed by atoms with E-state index >= 15 is 0 Å². The first-order chi connectivity index (χ1) is 5.95. The van der Waals surface area contributed by atoms with E-state index in [-0.39, 0.29) is 19.4 Å². The second kappa shape index (κ2) is 5.74. The average Bonchev–Trinajstić information content (AvgIpc) is 2.01. The molecule has 0 fully saturated rings. The number of hydrogen-bond acceptors (Lipinski definition) is 4. The van der Waals surface area contributed by atoms with Crippen molar-refractivity contribution in [3.05, 3.63) is 12.5 Å². The van der Waals surface area contributed by atoms with Crippen LogP contribution in [0.15, 0.2) is 12.5 Å². The fourth-order valence-corrected chi connectivity index (χ4v) is 1.13. The second-order valence-electron chi connectivity index (χ2n) is 2.25. The van der Waals surface area contributed by atoms with Gasteiger partial charge in [-0.1, -0.05) is 0 Å². The molecule has 0 N–H and O–H groups in total. The van der Waals surface area contributed by atoms with Gasteiger partial charge in [-0.05, 0) is 19.4 Å². The SMILES string of the molecule is C=C(OF)OCCCCS(=O)(=O)F. The molecular weight excluding hydrogens is 206 g/mol. The number of ether oxygens (including phenoxy) is 1. The van der Waals surface area contributed by atoms with Gasteiger partial charge in [0.05, 0.1) is 12.4 Å². The highest BCUT2D eigenvalue weighted by Crippen LogP contribution is 2.02. The molecule has 0 atom stereocenters. The van der Waals surface area contributed by atoms with Gasteiger partial charge in [-0.15, -0.1) is 3.89 Å². The molecule has 0 heterocycles. The zero-order valence-electron chi connectivity index (χ0n) is 6.83. The lowest BCUT2D eigenvalue weighted by molar-refractivity contribution is -0.145. The standard InChI is InChI=1S/C6H10F2O4S/c1-6(12-7)11-4-2-3-5-13(8,9)10/h1-5H2. The van der Waals surface area contributed by atoms with E-state index in [4.69, 9.17) is 0 Å². The maximum absolute atomic E-state index is 11.9. The Labute approximate surface area is 75.3 Å². The summed E-state index contributed by atoms with van der Waals surface area (Å²) in [6, 6.07) is 0. The van der Waals surface area contributed by atoms with Crippen LogP contribution in [-0.4, -0.2) is 20.8 Å². The first kappa shape index (κ1) is 12.2. The highest BCUT2D eigenvalue weighted by Gasteiger charge is 2.05. The Bertz CT molecular complexity index is 249. The van der Waals surface area contributed by atoms with E-state index in [9.17, 15) is 16.8 Å². The van der Waals surface area contributed by atoms with E-state index in [0.29, 0.717) is 0 Å². The molecule has 0 unspecified atom stereocenters. The van der Waals surface area contributed by atoms with Gasteiger partial charge in [0.2, 0.25) is 0 Å². The molecule has 0 aromatic heterocycles. The topological polar surface area (TPSA) is 52.6 Å². The molecule has 0 aromatic rings. The first-order valence-electron chi connectivity index (χ1n) is 3.48. The minimum absolute atomic E-state index is 0.0400. The molecule has 0 bridgehead atoms. The average molecular weight is 216 g/mol. The van der Waals surface area contributed by atoms with Crippen molar-refractivity contribution in [2.24, 2.45) is 0 Å². The smallest absolute Gasteiger partial charge is 0.316 e. The Morgan fingerprint density at radius 1 is 1.38 bits per heavy atom. The molecule has 78 valence electrons. The fraction of sp³-hybridized carbons (Fsp3) is 0.667. The van der Waals surface area contributed by atoms with E-state index in [1.54, 1.807) is 0 Å². The maximum atomic E-state index is 11.9. The molecule has 4 nitrogen and oxygen atoms in total. The van der Waals surface area contributed by atoms with Crippen molar-refractivity contribution >= 4 is 10.2 Å². The Kier molecular flexibility index (Phi) is 5.36. The van der Waals surface area contributed by atoms with Gasteiger partial charge in [0.1, 0.15) is 0 Å². The molecule has 0 aliphatic carbocycles. The normalized spacial score (nSPS) is 10.9. The van der Waals surface area contributed by atoms with Gasteiger partial charge in [0.15, 0.2) is 0 Å². The quantitative estimate of drug-likeness (QED) is 0.367. The molecular formula is C6H10F2O4S. The van der Waals surface area contributed by atoms with Crippen LogP contribution in [0.2, 0.25) is 0 Å². The predicted molar refractivity (Wildman–Crippen MR) is 41.4 cm³/mol. The molecule has 13 heavy (non-hydrogen) atoms. The van der Waals surface area contributed by atoms with Crippen molar-refractivity contribution in [1.82, 2.24) is 0 Å². The van der Waals surface area contributed by atoms with E-state index in [2.05, 4.69) is 16.3 Å². The van der Waals surface area contributed by atoms with E-state index in [0.717, 1.165) is 0 Å². The minimum atomic E-state index is -4.41. The van der Waals surface area contributed by atoms with Crippen LogP contribution in [-0.2, 0) is 19.9 Å². The molecule has 7 heteroatoms. The minimum Gasteiger partial charge on any atom is -0.463 e. The summed E-state index contributed by atoms with van der Waals surface area (Å²) in [6.45, 7) is 3.05. The molecule has 0 aromatic carbocycles. The summed E-state index contributed by atoms with van der Waals surface area (Å²) in [5.74, 6) is -1.05. The zero-order chi connectivity index (χ0) is 10.3. The van der Waals surface area contributed by atoms with E-state index in [1.807, 2.05) is 0 Å². The third-order valence-corrected chi connectivity index (χ3v) is 1.91. The highest BCUT2D eigenvalue weighted by molar-refractivity contribution is 7.86. The largest absolute Gasteiger partial charge is 0.463 e. The van der Waals surface area contributed by atoms with Crippen molar-refractivity contribution in [2.45, 2.75) is 12.8 Å². The molecule has 0 aliphatic heterocycles. The van der Waals surface area contributed by atoms with Crippen molar-refractivity contribution in [1.29, 1.82) is 0 Å². The lowest BCUT2D eigenvalue weighted by atomic mass is 10.4. The molecule has 0 amide bonds. The van der Waals surface area contributed by atoms with Gasteiger partial charge >= 0.3 is 16.2 Å².